The molecule has 1 atom stereocenters. The van der Waals surface area contributed by atoms with E-state index in [1.54, 1.807) is 36.4 Å². The van der Waals surface area contributed by atoms with Gasteiger partial charge in [0, 0.05) is 22.2 Å². The maximum atomic E-state index is 12.9. The van der Waals surface area contributed by atoms with E-state index in [2.05, 4.69) is 32.8 Å². The fourth-order valence-electron chi connectivity index (χ4n) is 4.99. The molecule has 0 aromatic heterocycles. The number of ketones is 1. The highest BCUT2D eigenvalue weighted by Gasteiger charge is 2.44. The van der Waals surface area contributed by atoms with Gasteiger partial charge < -0.3 is 4.74 Å². The summed E-state index contributed by atoms with van der Waals surface area (Å²) in [5, 5.41) is 2.10. The van der Waals surface area contributed by atoms with Crippen LogP contribution in [0.4, 0.5) is 0 Å². The van der Waals surface area contributed by atoms with Crippen molar-refractivity contribution in [3.8, 4) is 0 Å². The van der Waals surface area contributed by atoms with Crippen LogP contribution in [0.25, 0.3) is 0 Å². The SMILES string of the molecule is CC1(C)CCCC(C)(C)N1OC(COC(=O)c1ccc(C(=O)c2ccccc2)cc1)c1ccccc1. The third-order valence-electron chi connectivity index (χ3n) is 6.87. The zero-order valence-electron chi connectivity index (χ0n) is 21.6. The Morgan fingerprint density at radius 1 is 0.750 bits per heavy atom. The third kappa shape index (κ3) is 5.92. The molecule has 3 aromatic rings. The first-order chi connectivity index (χ1) is 17.2. The minimum Gasteiger partial charge on any atom is -0.459 e. The topological polar surface area (TPSA) is 55.8 Å². The molecule has 0 bridgehead atoms. The monoisotopic (exact) mass is 485 g/mol. The van der Waals surface area contributed by atoms with Crippen LogP contribution < -0.4 is 0 Å². The number of rotatable bonds is 8. The van der Waals surface area contributed by atoms with Crippen LogP contribution in [0.1, 0.15) is 84.9 Å². The van der Waals surface area contributed by atoms with E-state index in [1.165, 1.54) is 0 Å². The molecule has 5 nitrogen and oxygen atoms in total. The molecule has 1 fully saturated rings. The van der Waals surface area contributed by atoms with Crippen LogP contribution in [0, 0.1) is 0 Å². The molecule has 1 aliphatic heterocycles. The number of carbonyl (C=O) groups excluding carboxylic acids is 2. The summed E-state index contributed by atoms with van der Waals surface area (Å²) >= 11 is 0. The molecule has 4 rings (SSSR count). The molecule has 0 spiro atoms. The number of nitrogens with zero attached hydrogens (tertiary/aromatic N) is 1. The van der Waals surface area contributed by atoms with Crippen molar-refractivity contribution in [1.82, 2.24) is 5.06 Å². The Labute approximate surface area is 214 Å². The molecule has 1 unspecified atom stereocenters. The first kappa shape index (κ1) is 25.8. The van der Waals surface area contributed by atoms with E-state index < -0.39 is 12.1 Å². The second-order valence-electron chi connectivity index (χ2n) is 10.6. The summed E-state index contributed by atoms with van der Waals surface area (Å²) in [6, 6.07) is 25.5. The van der Waals surface area contributed by atoms with E-state index >= 15 is 0 Å². The number of hydroxylamine groups is 2. The van der Waals surface area contributed by atoms with Crippen molar-refractivity contribution in [2.75, 3.05) is 6.61 Å². The molecule has 0 aliphatic carbocycles. The minimum atomic E-state index is -0.449. The molecule has 1 aliphatic rings. The van der Waals surface area contributed by atoms with Gasteiger partial charge in [0.2, 0.25) is 0 Å². The van der Waals surface area contributed by atoms with E-state index in [-0.39, 0.29) is 23.5 Å². The van der Waals surface area contributed by atoms with Crippen LogP contribution in [-0.4, -0.2) is 34.5 Å². The van der Waals surface area contributed by atoms with Gasteiger partial charge in [-0.15, -0.1) is 0 Å². The maximum absolute atomic E-state index is 12.9. The van der Waals surface area contributed by atoms with E-state index in [0.29, 0.717) is 16.7 Å². The molecule has 188 valence electrons. The minimum absolute atomic E-state index is 0.0796. The Morgan fingerprint density at radius 2 is 1.25 bits per heavy atom. The standard InChI is InChI=1S/C31H35NO4/c1-30(2)20-11-21-31(3,4)32(30)36-27(23-12-7-5-8-13-23)22-35-29(34)26-18-16-25(17-19-26)28(33)24-14-9-6-10-15-24/h5-10,12-19,27H,11,20-22H2,1-4H3. The fraction of sp³-hybridized carbons (Fsp3) is 0.355. The molecule has 0 saturated carbocycles. The lowest BCUT2D eigenvalue weighted by Crippen LogP contribution is -2.58. The van der Waals surface area contributed by atoms with E-state index in [1.807, 2.05) is 48.5 Å². The smallest absolute Gasteiger partial charge is 0.338 e. The van der Waals surface area contributed by atoms with Crippen LogP contribution in [0.5, 0.6) is 0 Å². The van der Waals surface area contributed by atoms with Gasteiger partial charge in [-0.3, -0.25) is 9.63 Å². The zero-order valence-corrected chi connectivity index (χ0v) is 21.6. The number of hydrogen-bond acceptors (Lipinski definition) is 5. The highest BCUT2D eigenvalue weighted by molar-refractivity contribution is 6.09. The van der Waals surface area contributed by atoms with Gasteiger partial charge >= 0.3 is 5.97 Å². The first-order valence-electron chi connectivity index (χ1n) is 12.6. The zero-order chi connectivity index (χ0) is 25.8. The van der Waals surface area contributed by atoms with E-state index in [4.69, 9.17) is 9.57 Å². The Kier molecular flexibility index (Phi) is 7.72. The molecule has 5 heteroatoms. The Bertz CT molecular complexity index is 1150. The van der Waals surface area contributed by atoms with Gasteiger partial charge in [-0.25, -0.2) is 4.79 Å². The first-order valence-corrected chi connectivity index (χ1v) is 12.6. The van der Waals surface area contributed by atoms with Crippen molar-refractivity contribution in [2.24, 2.45) is 0 Å². The maximum Gasteiger partial charge on any atom is 0.338 e. The highest BCUT2D eigenvalue weighted by Crippen LogP contribution is 2.40. The average molecular weight is 486 g/mol. The normalized spacial score (nSPS) is 17.8. The molecular weight excluding hydrogens is 450 g/mol. The molecule has 0 amide bonds. The predicted molar refractivity (Wildman–Crippen MR) is 141 cm³/mol. The summed E-state index contributed by atoms with van der Waals surface area (Å²) in [5.41, 5.74) is 2.20. The number of esters is 1. The predicted octanol–water partition coefficient (Wildman–Crippen LogP) is 6.79. The van der Waals surface area contributed by atoms with Crippen molar-refractivity contribution < 1.29 is 19.2 Å². The van der Waals surface area contributed by atoms with Gasteiger partial charge in [0.25, 0.3) is 0 Å². The van der Waals surface area contributed by atoms with Crippen LogP contribution in [0.15, 0.2) is 84.9 Å². The lowest BCUT2D eigenvalue weighted by atomic mass is 9.82. The fourth-order valence-corrected chi connectivity index (χ4v) is 4.99. The second-order valence-corrected chi connectivity index (χ2v) is 10.6. The van der Waals surface area contributed by atoms with Crippen molar-refractivity contribution in [2.45, 2.75) is 64.1 Å². The van der Waals surface area contributed by atoms with Crippen LogP contribution >= 0.6 is 0 Å². The summed E-state index contributed by atoms with van der Waals surface area (Å²) in [7, 11) is 0. The quantitative estimate of drug-likeness (QED) is 0.260. The Balaban J connectivity index is 1.47. The van der Waals surface area contributed by atoms with Crippen molar-refractivity contribution in [1.29, 1.82) is 0 Å². The van der Waals surface area contributed by atoms with E-state index in [0.717, 1.165) is 24.8 Å². The summed E-state index contributed by atoms with van der Waals surface area (Å²) in [6.07, 6.45) is 2.77. The van der Waals surface area contributed by atoms with Crippen LogP contribution in [-0.2, 0) is 9.57 Å². The highest BCUT2D eigenvalue weighted by atomic mass is 16.7. The molecule has 0 N–H and O–H groups in total. The van der Waals surface area contributed by atoms with Gasteiger partial charge in [0.05, 0.1) is 5.56 Å². The Morgan fingerprint density at radius 3 is 1.83 bits per heavy atom. The summed E-state index contributed by atoms with van der Waals surface area (Å²) in [5.74, 6) is -0.532. The number of hydrogen-bond donors (Lipinski definition) is 0. The molecule has 0 radical (unpaired) electrons. The molecule has 36 heavy (non-hydrogen) atoms. The Hall–Kier alpha value is -3.28. The summed E-state index contributed by atoms with van der Waals surface area (Å²) < 4.78 is 5.73. The van der Waals surface area contributed by atoms with Crippen LogP contribution in [0.3, 0.4) is 0 Å². The van der Waals surface area contributed by atoms with Crippen molar-refractivity contribution in [3.63, 3.8) is 0 Å². The van der Waals surface area contributed by atoms with Gasteiger partial charge in [-0.1, -0.05) is 72.8 Å². The van der Waals surface area contributed by atoms with Gasteiger partial charge in [0.1, 0.15) is 12.7 Å². The number of ether oxygens (including phenoxy) is 1. The second kappa shape index (κ2) is 10.8. The molecule has 1 saturated heterocycles. The third-order valence-corrected chi connectivity index (χ3v) is 6.87. The number of carbonyl (C=O) groups is 2. The van der Waals surface area contributed by atoms with Gasteiger partial charge in [-0.2, -0.15) is 5.06 Å². The summed E-state index contributed by atoms with van der Waals surface area (Å²) in [4.78, 5) is 32.2. The van der Waals surface area contributed by atoms with Crippen molar-refractivity contribution >= 4 is 11.8 Å². The van der Waals surface area contributed by atoms with Crippen LogP contribution in [0.2, 0.25) is 0 Å². The molecule has 3 aromatic carbocycles. The van der Waals surface area contributed by atoms with Crippen molar-refractivity contribution in [3.05, 3.63) is 107 Å². The van der Waals surface area contributed by atoms with E-state index in [9.17, 15) is 9.59 Å². The summed E-state index contributed by atoms with van der Waals surface area (Å²) in [6.45, 7) is 8.86. The average Bonchev–Trinajstić information content (AvgIpc) is 2.88. The van der Waals surface area contributed by atoms with Gasteiger partial charge in [0.15, 0.2) is 5.78 Å². The lowest BCUT2D eigenvalue weighted by molar-refractivity contribution is -0.311. The lowest BCUT2D eigenvalue weighted by Gasteiger charge is -2.52. The largest absolute Gasteiger partial charge is 0.459 e. The van der Waals surface area contributed by atoms with Gasteiger partial charge in [-0.05, 0) is 64.7 Å². The molecular formula is C31H35NO4. The molecule has 1 heterocycles. The number of piperidine rings is 1. The number of benzene rings is 3.